The van der Waals surface area contributed by atoms with E-state index in [1.807, 2.05) is 0 Å². The van der Waals surface area contributed by atoms with Crippen LogP contribution in [0.3, 0.4) is 0 Å². The fraction of sp³-hybridized carbons (Fsp3) is 0.833. The Morgan fingerprint density at radius 3 is 3.06 bits per heavy atom. The molecule has 0 radical (unpaired) electrons. The Labute approximate surface area is 96.8 Å². The predicted octanol–water partition coefficient (Wildman–Crippen LogP) is 2.27. The van der Waals surface area contributed by atoms with E-state index in [4.69, 9.17) is 4.42 Å². The van der Waals surface area contributed by atoms with Gasteiger partial charge < -0.3 is 9.73 Å². The zero-order valence-corrected chi connectivity index (χ0v) is 10.0. The average molecular weight is 223 g/mol. The zero-order valence-electron chi connectivity index (χ0n) is 10.0. The number of aromatic nitrogens is 2. The van der Waals surface area contributed by atoms with Crippen molar-refractivity contribution in [3.63, 3.8) is 0 Å². The first-order valence-electron chi connectivity index (χ1n) is 6.43. The number of hydrogen-bond donors (Lipinski definition) is 1. The van der Waals surface area contributed by atoms with Crippen molar-refractivity contribution in [2.24, 2.45) is 0 Å². The van der Waals surface area contributed by atoms with Gasteiger partial charge in [0.2, 0.25) is 11.8 Å². The van der Waals surface area contributed by atoms with Crippen LogP contribution >= 0.6 is 0 Å². The Hall–Kier alpha value is -0.900. The SMILES string of the molecule is CCCCCc1nnc(C2CCCNC2)o1. The first-order valence-corrected chi connectivity index (χ1v) is 6.43. The molecule has 0 bridgehead atoms. The summed E-state index contributed by atoms with van der Waals surface area (Å²) in [6, 6.07) is 0. The van der Waals surface area contributed by atoms with Gasteiger partial charge in [0.05, 0.1) is 0 Å². The molecule has 0 spiro atoms. The summed E-state index contributed by atoms with van der Waals surface area (Å²) in [6.07, 6.45) is 6.93. The van der Waals surface area contributed by atoms with E-state index >= 15 is 0 Å². The summed E-state index contributed by atoms with van der Waals surface area (Å²) >= 11 is 0. The van der Waals surface area contributed by atoms with E-state index in [1.54, 1.807) is 0 Å². The molecule has 1 N–H and O–H groups in total. The van der Waals surface area contributed by atoms with Gasteiger partial charge in [0.15, 0.2) is 0 Å². The summed E-state index contributed by atoms with van der Waals surface area (Å²) in [5, 5.41) is 11.6. The number of nitrogens with zero attached hydrogens (tertiary/aromatic N) is 2. The lowest BCUT2D eigenvalue weighted by Crippen LogP contribution is -2.28. The van der Waals surface area contributed by atoms with Crippen LogP contribution in [-0.4, -0.2) is 23.3 Å². The molecule has 90 valence electrons. The van der Waals surface area contributed by atoms with Crippen molar-refractivity contribution in [2.75, 3.05) is 13.1 Å². The van der Waals surface area contributed by atoms with Crippen LogP contribution in [0.25, 0.3) is 0 Å². The molecule has 4 heteroatoms. The van der Waals surface area contributed by atoms with Crippen molar-refractivity contribution in [3.05, 3.63) is 11.8 Å². The molecule has 1 unspecified atom stereocenters. The molecular formula is C12H21N3O. The highest BCUT2D eigenvalue weighted by atomic mass is 16.4. The van der Waals surface area contributed by atoms with Crippen molar-refractivity contribution in [1.82, 2.24) is 15.5 Å². The maximum absolute atomic E-state index is 5.71. The Balaban J connectivity index is 1.85. The van der Waals surface area contributed by atoms with Gasteiger partial charge in [-0.1, -0.05) is 19.8 Å². The first kappa shape index (κ1) is 11.6. The number of aryl methyl sites for hydroxylation is 1. The van der Waals surface area contributed by atoms with Gasteiger partial charge in [0.1, 0.15) is 0 Å². The highest BCUT2D eigenvalue weighted by Crippen LogP contribution is 2.22. The Morgan fingerprint density at radius 1 is 1.38 bits per heavy atom. The van der Waals surface area contributed by atoms with Gasteiger partial charge in [-0.3, -0.25) is 0 Å². The van der Waals surface area contributed by atoms with Crippen molar-refractivity contribution < 1.29 is 4.42 Å². The third-order valence-electron chi connectivity index (χ3n) is 3.12. The Bertz CT molecular complexity index is 305. The van der Waals surface area contributed by atoms with Gasteiger partial charge in [-0.25, -0.2) is 0 Å². The molecule has 1 aromatic rings. The lowest BCUT2D eigenvalue weighted by atomic mass is 10.00. The number of unbranched alkanes of at least 4 members (excludes halogenated alkanes) is 2. The lowest BCUT2D eigenvalue weighted by molar-refractivity contribution is 0.361. The molecule has 0 aliphatic carbocycles. The second-order valence-electron chi connectivity index (χ2n) is 4.53. The number of nitrogens with one attached hydrogen (secondary N) is 1. The monoisotopic (exact) mass is 223 g/mol. The van der Waals surface area contributed by atoms with Crippen LogP contribution in [0, 0.1) is 0 Å². The normalized spacial score (nSPS) is 21.2. The second kappa shape index (κ2) is 5.99. The van der Waals surface area contributed by atoms with Gasteiger partial charge >= 0.3 is 0 Å². The van der Waals surface area contributed by atoms with E-state index in [-0.39, 0.29) is 0 Å². The molecule has 2 rings (SSSR count). The van der Waals surface area contributed by atoms with Gasteiger partial charge in [0.25, 0.3) is 0 Å². The molecule has 16 heavy (non-hydrogen) atoms. The molecule has 0 aromatic carbocycles. The molecule has 1 fully saturated rings. The van der Waals surface area contributed by atoms with Crippen molar-refractivity contribution in [3.8, 4) is 0 Å². The van der Waals surface area contributed by atoms with E-state index in [0.717, 1.165) is 37.7 Å². The molecule has 1 saturated heterocycles. The lowest BCUT2D eigenvalue weighted by Gasteiger charge is -2.18. The fourth-order valence-corrected chi connectivity index (χ4v) is 2.12. The predicted molar refractivity (Wildman–Crippen MR) is 62.4 cm³/mol. The van der Waals surface area contributed by atoms with E-state index in [1.165, 1.54) is 25.7 Å². The third-order valence-corrected chi connectivity index (χ3v) is 3.12. The molecule has 4 nitrogen and oxygen atoms in total. The summed E-state index contributed by atoms with van der Waals surface area (Å²) in [5.74, 6) is 2.08. The molecule has 1 aromatic heterocycles. The minimum atomic E-state index is 0.432. The highest BCUT2D eigenvalue weighted by molar-refractivity contribution is 4.94. The topological polar surface area (TPSA) is 51.0 Å². The standard InChI is InChI=1S/C12H21N3O/c1-2-3-4-7-11-14-15-12(16-11)10-6-5-8-13-9-10/h10,13H,2-9H2,1H3. The van der Waals surface area contributed by atoms with Gasteiger partial charge in [-0.15, -0.1) is 10.2 Å². The van der Waals surface area contributed by atoms with E-state index in [2.05, 4.69) is 22.4 Å². The molecule has 0 amide bonds. The number of hydrogen-bond acceptors (Lipinski definition) is 4. The van der Waals surface area contributed by atoms with Crippen molar-refractivity contribution in [2.45, 2.75) is 51.4 Å². The minimum absolute atomic E-state index is 0.432. The van der Waals surface area contributed by atoms with Crippen molar-refractivity contribution >= 4 is 0 Å². The third kappa shape index (κ3) is 3.04. The average Bonchev–Trinajstić information content (AvgIpc) is 2.79. The van der Waals surface area contributed by atoms with Gasteiger partial charge in [-0.05, 0) is 25.8 Å². The van der Waals surface area contributed by atoms with E-state index in [9.17, 15) is 0 Å². The maximum atomic E-state index is 5.71. The van der Waals surface area contributed by atoms with Crippen LogP contribution in [-0.2, 0) is 6.42 Å². The smallest absolute Gasteiger partial charge is 0.220 e. The van der Waals surface area contributed by atoms with Crippen LogP contribution in [0.5, 0.6) is 0 Å². The second-order valence-corrected chi connectivity index (χ2v) is 4.53. The van der Waals surface area contributed by atoms with Gasteiger partial charge in [-0.2, -0.15) is 0 Å². The summed E-state index contributed by atoms with van der Waals surface area (Å²) < 4.78 is 5.71. The van der Waals surface area contributed by atoms with E-state index in [0.29, 0.717) is 5.92 Å². The molecular weight excluding hydrogens is 202 g/mol. The fourth-order valence-electron chi connectivity index (χ4n) is 2.12. The number of piperidine rings is 1. The summed E-state index contributed by atoms with van der Waals surface area (Å²) in [5.41, 5.74) is 0. The van der Waals surface area contributed by atoms with Crippen LogP contribution in [0.1, 0.15) is 56.7 Å². The number of rotatable bonds is 5. The van der Waals surface area contributed by atoms with E-state index < -0.39 is 0 Å². The maximum Gasteiger partial charge on any atom is 0.220 e. The van der Waals surface area contributed by atoms with Crippen LogP contribution in [0.2, 0.25) is 0 Å². The van der Waals surface area contributed by atoms with Crippen LogP contribution in [0.4, 0.5) is 0 Å². The molecule has 1 aliphatic heterocycles. The summed E-state index contributed by atoms with van der Waals surface area (Å²) in [7, 11) is 0. The van der Waals surface area contributed by atoms with Crippen LogP contribution < -0.4 is 5.32 Å². The summed E-state index contributed by atoms with van der Waals surface area (Å²) in [4.78, 5) is 0. The molecule has 1 aliphatic rings. The molecule has 0 saturated carbocycles. The van der Waals surface area contributed by atoms with Gasteiger partial charge in [0, 0.05) is 18.9 Å². The molecule has 1 atom stereocenters. The Morgan fingerprint density at radius 2 is 2.31 bits per heavy atom. The Kier molecular flexibility index (Phi) is 4.34. The van der Waals surface area contributed by atoms with Crippen LogP contribution in [0.15, 0.2) is 4.42 Å². The quantitative estimate of drug-likeness (QED) is 0.778. The van der Waals surface area contributed by atoms with Crippen molar-refractivity contribution in [1.29, 1.82) is 0 Å². The first-order chi connectivity index (χ1) is 7.90. The zero-order chi connectivity index (χ0) is 11.2. The summed E-state index contributed by atoms with van der Waals surface area (Å²) in [6.45, 7) is 4.30. The molecule has 2 heterocycles. The highest BCUT2D eigenvalue weighted by Gasteiger charge is 2.20. The largest absolute Gasteiger partial charge is 0.425 e. The minimum Gasteiger partial charge on any atom is -0.425 e.